The number of benzene rings is 1. The lowest BCUT2D eigenvalue weighted by Gasteiger charge is -2.42. The minimum Gasteiger partial charge on any atom is -0.492 e. The molecule has 31 heavy (non-hydrogen) atoms. The van der Waals surface area contributed by atoms with Crippen molar-refractivity contribution in [3.05, 3.63) is 45.6 Å². The molecule has 4 rings (SSSR count). The van der Waals surface area contributed by atoms with Gasteiger partial charge in [-0.15, -0.1) is 5.10 Å². The summed E-state index contributed by atoms with van der Waals surface area (Å²) >= 11 is 7.88. The standard InChI is InChI=1S/C23H31ClN4O2S/c1-6-18-13-30-23(5,11-10-14(2)3)27(18)19(16-8-7-9-17(24)12-16)20-21(29)28-22(31-20)25-15(4)26-28/h7-9,12,14,18-19,29H,6,10-11,13H2,1-5H3. The Morgan fingerprint density at radius 1 is 1.39 bits per heavy atom. The van der Waals surface area contributed by atoms with E-state index in [2.05, 4.69) is 48.7 Å². The summed E-state index contributed by atoms with van der Waals surface area (Å²) in [4.78, 5) is 8.43. The fourth-order valence-corrected chi connectivity index (χ4v) is 5.84. The highest BCUT2D eigenvalue weighted by molar-refractivity contribution is 7.17. The number of aryl methyl sites for hydroxylation is 1. The van der Waals surface area contributed by atoms with Crippen molar-refractivity contribution in [1.29, 1.82) is 0 Å². The normalized spacial score (nSPS) is 23.3. The Hall–Kier alpha value is -1.67. The number of rotatable bonds is 7. The van der Waals surface area contributed by atoms with Gasteiger partial charge in [-0.3, -0.25) is 4.90 Å². The summed E-state index contributed by atoms with van der Waals surface area (Å²) < 4.78 is 7.99. The molecule has 3 atom stereocenters. The second-order valence-corrected chi connectivity index (χ2v) is 10.4. The van der Waals surface area contributed by atoms with E-state index in [-0.39, 0.29) is 18.0 Å². The van der Waals surface area contributed by atoms with Crippen LogP contribution >= 0.6 is 22.9 Å². The van der Waals surface area contributed by atoms with Crippen LogP contribution in [0.15, 0.2) is 24.3 Å². The molecular weight excluding hydrogens is 432 g/mol. The van der Waals surface area contributed by atoms with Gasteiger partial charge in [-0.1, -0.05) is 55.8 Å². The summed E-state index contributed by atoms with van der Waals surface area (Å²) in [6, 6.07) is 7.92. The highest BCUT2D eigenvalue weighted by Crippen LogP contribution is 2.48. The Labute approximate surface area is 192 Å². The van der Waals surface area contributed by atoms with Gasteiger partial charge in [-0.05, 0) is 56.7 Å². The molecule has 1 saturated heterocycles. The van der Waals surface area contributed by atoms with Crippen molar-refractivity contribution in [1.82, 2.24) is 19.5 Å². The lowest BCUT2D eigenvalue weighted by Crippen LogP contribution is -2.48. The van der Waals surface area contributed by atoms with Gasteiger partial charge in [0.15, 0.2) is 0 Å². The van der Waals surface area contributed by atoms with Crippen molar-refractivity contribution in [2.45, 2.75) is 71.7 Å². The molecule has 8 heteroatoms. The predicted molar refractivity (Wildman–Crippen MR) is 125 cm³/mol. The maximum atomic E-state index is 11.2. The Bertz CT molecular complexity index is 1070. The first kappa shape index (κ1) is 22.5. The van der Waals surface area contributed by atoms with Gasteiger partial charge >= 0.3 is 0 Å². The largest absolute Gasteiger partial charge is 0.492 e. The van der Waals surface area contributed by atoms with Gasteiger partial charge in [0, 0.05) is 11.1 Å². The lowest BCUT2D eigenvalue weighted by atomic mass is 9.94. The Kier molecular flexibility index (Phi) is 6.32. The van der Waals surface area contributed by atoms with E-state index in [1.54, 1.807) is 0 Å². The summed E-state index contributed by atoms with van der Waals surface area (Å²) in [6.45, 7) is 11.3. The average Bonchev–Trinajstić information content (AvgIpc) is 3.34. The van der Waals surface area contributed by atoms with Crippen molar-refractivity contribution in [3.63, 3.8) is 0 Å². The molecule has 3 aromatic rings. The monoisotopic (exact) mass is 462 g/mol. The zero-order valence-electron chi connectivity index (χ0n) is 18.8. The molecule has 3 unspecified atom stereocenters. The average molecular weight is 463 g/mol. The van der Waals surface area contributed by atoms with Gasteiger partial charge in [0.05, 0.1) is 17.5 Å². The minimum absolute atomic E-state index is 0.138. The van der Waals surface area contributed by atoms with Gasteiger partial charge in [-0.2, -0.15) is 4.52 Å². The van der Waals surface area contributed by atoms with Gasteiger partial charge in [0.25, 0.3) is 0 Å². The van der Waals surface area contributed by atoms with Crippen LogP contribution in [0.4, 0.5) is 0 Å². The molecule has 0 bridgehead atoms. The Morgan fingerprint density at radius 3 is 2.81 bits per heavy atom. The van der Waals surface area contributed by atoms with E-state index in [1.165, 1.54) is 15.9 Å². The molecule has 6 nitrogen and oxygen atoms in total. The van der Waals surface area contributed by atoms with E-state index in [1.807, 2.05) is 25.1 Å². The summed E-state index contributed by atoms with van der Waals surface area (Å²) in [5, 5.41) is 16.2. The second-order valence-electron chi connectivity index (χ2n) is 8.99. The van der Waals surface area contributed by atoms with Crippen LogP contribution in [0, 0.1) is 12.8 Å². The highest BCUT2D eigenvalue weighted by Gasteiger charge is 2.48. The lowest BCUT2D eigenvalue weighted by molar-refractivity contribution is -0.0915. The molecule has 1 aliphatic heterocycles. The summed E-state index contributed by atoms with van der Waals surface area (Å²) in [6.07, 6.45) is 2.93. The third-order valence-electron chi connectivity index (χ3n) is 6.18. The van der Waals surface area contributed by atoms with E-state index >= 15 is 0 Å². The molecule has 168 valence electrons. The SMILES string of the molecule is CCC1COC(C)(CCC(C)C)N1C(c1cccc(Cl)c1)c1sc2nc(C)nn2c1O. The molecular formula is C23H31ClN4O2S. The van der Waals surface area contributed by atoms with Gasteiger partial charge in [0.2, 0.25) is 10.8 Å². The molecule has 0 saturated carbocycles. The molecule has 0 aliphatic carbocycles. The first-order chi connectivity index (χ1) is 14.7. The van der Waals surface area contributed by atoms with Crippen LogP contribution in [0.1, 0.15) is 69.3 Å². The van der Waals surface area contributed by atoms with E-state index in [0.29, 0.717) is 28.3 Å². The van der Waals surface area contributed by atoms with E-state index < -0.39 is 5.72 Å². The maximum Gasteiger partial charge on any atom is 0.230 e. The Balaban J connectivity index is 1.88. The molecule has 1 aromatic carbocycles. The fourth-order valence-electron chi connectivity index (χ4n) is 4.51. The topological polar surface area (TPSA) is 62.9 Å². The zero-order chi connectivity index (χ0) is 22.3. The van der Waals surface area contributed by atoms with E-state index in [9.17, 15) is 5.11 Å². The summed E-state index contributed by atoms with van der Waals surface area (Å²) in [7, 11) is 0. The van der Waals surface area contributed by atoms with E-state index in [4.69, 9.17) is 16.3 Å². The molecule has 1 N–H and O–H groups in total. The highest BCUT2D eigenvalue weighted by atomic mass is 35.5. The summed E-state index contributed by atoms with van der Waals surface area (Å²) in [5.41, 5.74) is 0.587. The molecule has 1 aliphatic rings. The fraction of sp³-hybridized carbons (Fsp3) is 0.565. The number of nitrogens with zero attached hydrogens (tertiary/aromatic N) is 4. The summed E-state index contributed by atoms with van der Waals surface area (Å²) in [5.74, 6) is 1.36. The van der Waals surface area contributed by atoms with Crippen LogP contribution in [0.3, 0.4) is 0 Å². The molecule has 0 amide bonds. The molecule has 0 radical (unpaired) electrons. The van der Waals surface area contributed by atoms with Crippen molar-refractivity contribution in [3.8, 4) is 5.88 Å². The smallest absolute Gasteiger partial charge is 0.230 e. The van der Waals surface area contributed by atoms with Crippen LogP contribution in [-0.4, -0.2) is 43.0 Å². The van der Waals surface area contributed by atoms with Gasteiger partial charge in [-0.25, -0.2) is 4.98 Å². The second kappa shape index (κ2) is 8.70. The van der Waals surface area contributed by atoms with Crippen molar-refractivity contribution >= 4 is 27.9 Å². The van der Waals surface area contributed by atoms with Crippen LogP contribution in [-0.2, 0) is 4.74 Å². The molecule has 0 spiro atoms. The third-order valence-corrected chi connectivity index (χ3v) is 7.49. The first-order valence-corrected chi connectivity index (χ1v) is 12.2. The van der Waals surface area contributed by atoms with Crippen molar-refractivity contribution < 1.29 is 9.84 Å². The number of hydrogen-bond acceptors (Lipinski definition) is 6. The molecule has 2 aromatic heterocycles. The van der Waals surface area contributed by atoms with Crippen molar-refractivity contribution in [2.24, 2.45) is 5.92 Å². The first-order valence-electron chi connectivity index (χ1n) is 11.0. The van der Waals surface area contributed by atoms with E-state index in [0.717, 1.165) is 29.7 Å². The van der Waals surface area contributed by atoms with Crippen LogP contribution < -0.4 is 0 Å². The predicted octanol–water partition coefficient (Wildman–Crippen LogP) is 5.81. The number of thiazole rings is 1. The number of hydrogen-bond donors (Lipinski definition) is 1. The van der Waals surface area contributed by atoms with Crippen LogP contribution in [0.2, 0.25) is 5.02 Å². The van der Waals surface area contributed by atoms with Gasteiger partial charge < -0.3 is 9.84 Å². The zero-order valence-corrected chi connectivity index (χ0v) is 20.4. The number of fused-ring (bicyclic) bond motifs is 1. The quantitative estimate of drug-likeness (QED) is 0.480. The minimum atomic E-state index is -0.445. The van der Waals surface area contributed by atoms with Crippen LogP contribution in [0.25, 0.3) is 4.96 Å². The maximum absolute atomic E-state index is 11.2. The number of aromatic hydroxyl groups is 1. The number of ether oxygens (including phenoxy) is 1. The van der Waals surface area contributed by atoms with Crippen LogP contribution in [0.5, 0.6) is 5.88 Å². The van der Waals surface area contributed by atoms with Gasteiger partial charge in [0.1, 0.15) is 11.5 Å². The molecule has 1 fully saturated rings. The Morgan fingerprint density at radius 2 is 2.16 bits per heavy atom. The van der Waals surface area contributed by atoms with Crippen molar-refractivity contribution in [2.75, 3.05) is 6.61 Å². The molecule has 3 heterocycles. The third kappa shape index (κ3) is 4.21. The number of aromatic nitrogens is 3. The number of halogens is 1.